The van der Waals surface area contributed by atoms with Crippen LogP contribution in [0.25, 0.3) is 0 Å². The third kappa shape index (κ3) is 4.14. The largest absolute Gasteiger partial charge is 0.333 e. The van der Waals surface area contributed by atoms with Gasteiger partial charge in [0.25, 0.3) is 0 Å². The maximum Gasteiger partial charge on any atom is 0.317 e. The van der Waals surface area contributed by atoms with Gasteiger partial charge in [0.15, 0.2) is 0 Å². The summed E-state index contributed by atoms with van der Waals surface area (Å²) in [5.74, 6) is 0. The van der Waals surface area contributed by atoms with E-state index in [4.69, 9.17) is 0 Å². The number of carbonyl (C=O) groups excluding carboxylic acids is 1. The van der Waals surface area contributed by atoms with Crippen molar-refractivity contribution in [3.63, 3.8) is 0 Å². The summed E-state index contributed by atoms with van der Waals surface area (Å²) in [5.41, 5.74) is 1.87. The molecule has 0 unspecified atom stereocenters. The highest BCUT2D eigenvalue weighted by Crippen LogP contribution is 2.38. The first-order chi connectivity index (χ1) is 11.4. The van der Waals surface area contributed by atoms with E-state index in [1.54, 1.807) is 17.6 Å². The molecule has 130 valence electrons. The Morgan fingerprint density at radius 2 is 2.17 bits per heavy atom. The predicted octanol–water partition coefficient (Wildman–Crippen LogP) is 2.70. The lowest BCUT2D eigenvalue weighted by Gasteiger charge is -2.29. The van der Waals surface area contributed by atoms with Gasteiger partial charge in [-0.25, -0.2) is 4.79 Å². The van der Waals surface area contributed by atoms with E-state index in [-0.39, 0.29) is 6.03 Å². The molecule has 0 saturated heterocycles. The number of fused-ring (bicyclic) bond motifs is 1. The van der Waals surface area contributed by atoms with Crippen molar-refractivity contribution in [3.8, 4) is 0 Å². The standard InChI is InChI=1S/C17H25N5OS/c1-17(2)5-4-15-13(9-17)8-14(24-15)10-18-16(23)21(3)6-7-22-11-19-20-12-22/h8,11-12H,4-7,9-10H2,1-3H3,(H,18,23). The van der Waals surface area contributed by atoms with Crippen molar-refractivity contribution in [2.45, 2.75) is 46.2 Å². The molecule has 1 aliphatic rings. The molecule has 0 bridgehead atoms. The number of thiophene rings is 1. The normalized spacial score (nSPS) is 15.8. The van der Waals surface area contributed by atoms with Crippen LogP contribution in [0.5, 0.6) is 0 Å². The minimum absolute atomic E-state index is 0.0465. The second-order valence-corrected chi connectivity index (χ2v) is 8.50. The second-order valence-electron chi connectivity index (χ2n) is 7.28. The fourth-order valence-corrected chi connectivity index (χ4v) is 4.16. The summed E-state index contributed by atoms with van der Waals surface area (Å²) in [4.78, 5) is 16.6. The average Bonchev–Trinajstić information content (AvgIpc) is 3.17. The Balaban J connectivity index is 1.48. The highest BCUT2D eigenvalue weighted by atomic mass is 32.1. The summed E-state index contributed by atoms with van der Waals surface area (Å²) < 4.78 is 1.86. The van der Waals surface area contributed by atoms with Crippen LogP contribution in [0.1, 0.15) is 35.6 Å². The van der Waals surface area contributed by atoms with Gasteiger partial charge in [-0.1, -0.05) is 13.8 Å². The van der Waals surface area contributed by atoms with Gasteiger partial charge in [0.05, 0.1) is 6.54 Å². The number of carbonyl (C=O) groups is 1. The summed E-state index contributed by atoms with van der Waals surface area (Å²) in [6.07, 6.45) is 6.87. The molecule has 2 aromatic heterocycles. The number of amides is 2. The van der Waals surface area contributed by atoms with Crippen molar-refractivity contribution < 1.29 is 4.79 Å². The molecule has 3 rings (SSSR count). The van der Waals surface area contributed by atoms with Gasteiger partial charge in [-0.15, -0.1) is 21.5 Å². The van der Waals surface area contributed by atoms with Crippen molar-refractivity contribution in [1.82, 2.24) is 25.0 Å². The molecule has 0 radical (unpaired) electrons. The highest BCUT2D eigenvalue weighted by Gasteiger charge is 2.26. The summed E-state index contributed by atoms with van der Waals surface area (Å²) in [7, 11) is 1.81. The van der Waals surface area contributed by atoms with Crippen LogP contribution < -0.4 is 5.32 Å². The van der Waals surface area contributed by atoms with E-state index >= 15 is 0 Å². The number of aryl methyl sites for hydroxylation is 1. The van der Waals surface area contributed by atoms with Crippen LogP contribution in [0, 0.1) is 5.41 Å². The molecule has 0 spiro atoms. The van der Waals surface area contributed by atoms with Gasteiger partial charge in [-0.05, 0) is 36.3 Å². The SMILES string of the molecule is CN(CCn1cnnc1)C(=O)NCc1cc2c(s1)CCC(C)(C)C2. The number of nitrogens with one attached hydrogen (secondary N) is 1. The first kappa shape index (κ1) is 17.0. The molecule has 0 aliphatic heterocycles. The minimum atomic E-state index is -0.0465. The lowest BCUT2D eigenvalue weighted by molar-refractivity contribution is 0.206. The van der Waals surface area contributed by atoms with Crippen molar-refractivity contribution in [3.05, 3.63) is 34.0 Å². The number of likely N-dealkylation sites (N-methyl/N-ethyl adjacent to an activating group) is 1. The molecule has 6 nitrogen and oxygen atoms in total. The fourth-order valence-electron chi connectivity index (χ4n) is 3.03. The van der Waals surface area contributed by atoms with Gasteiger partial charge in [0.1, 0.15) is 12.7 Å². The Morgan fingerprint density at radius 3 is 2.92 bits per heavy atom. The van der Waals surface area contributed by atoms with E-state index in [9.17, 15) is 4.79 Å². The Bertz CT molecular complexity index is 692. The number of nitrogens with zero attached hydrogens (tertiary/aromatic N) is 4. The number of aromatic nitrogens is 3. The Labute approximate surface area is 146 Å². The molecule has 1 aliphatic carbocycles. The monoisotopic (exact) mass is 347 g/mol. The first-order valence-electron chi connectivity index (χ1n) is 8.35. The Morgan fingerprint density at radius 1 is 1.42 bits per heavy atom. The number of hydrogen-bond acceptors (Lipinski definition) is 4. The van der Waals surface area contributed by atoms with E-state index in [0.717, 1.165) is 6.42 Å². The number of hydrogen-bond donors (Lipinski definition) is 1. The predicted molar refractivity (Wildman–Crippen MR) is 95.0 cm³/mol. The molecule has 2 aromatic rings. The molecule has 0 fully saturated rings. The van der Waals surface area contributed by atoms with E-state index in [0.29, 0.717) is 25.0 Å². The molecule has 2 amide bonds. The van der Waals surface area contributed by atoms with E-state index in [1.165, 1.54) is 28.2 Å². The molecule has 24 heavy (non-hydrogen) atoms. The van der Waals surface area contributed by atoms with Crippen molar-refractivity contribution >= 4 is 17.4 Å². The molecular weight excluding hydrogens is 322 g/mol. The molecule has 2 heterocycles. The van der Waals surface area contributed by atoms with Gasteiger partial charge < -0.3 is 14.8 Å². The van der Waals surface area contributed by atoms with Crippen molar-refractivity contribution in [2.24, 2.45) is 5.41 Å². The zero-order chi connectivity index (χ0) is 17.2. The molecular formula is C17H25N5OS. The summed E-state index contributed by atoms with van der Waals surface area (Å²) in [5, 5.41) is 10.5. The second kappa shape index (κ2) is 6.93. The third-order valence-corrected chi connectivity index (χ3v) is 5.80. The van der Waals surface area contributed by atoms with Gasteiger partial charge >= 0.3 is 6.03 Å². The van der Waals surface area contributed by atoms with Gasteiger partial charge in [-0.3, -0.25) is 0 Å². The van der Waals surface area contributed by atoms with Crippen molar-refractivity contribution in [2.75, 3.05) is 13.6 Å². The van der Waals surface area contributed by atoms with E-state index < -0.39 is 0 Å². The van der Waals surface area contributed by atoms with Crippen LogP contribution in [-0.4, -0.2) is 39.3 Å². The lowest BCUT2D eigenvalue weighted by Crippen LogP contribution is -2.38. The van der Waals surface area contributed by atoms with E-state index in [1.807, 2.05) is 23.0 Å². The van der Waals surface area contributed by atoms with Gasteiger partial charge in [0.2, 0.25) is 0 Å². The van der Waals surface area contributed by atoms with E-state index in [2.05, 4.69) is 35.4 Å². The summed E-state index contributed by atoms with van der Waals surface area (Å²) >= 11 is 1.85. The fraction of sp³-hybridized carbons (Fsp3) is 0.588. The first-order valence-corrected chi connectivity index (χ1v) is 9.16. The van der Waals surface area contributed by atoms with Crippen LogP contribution in [0.4, 0.5) is 4.79 Å². The van der Waals surface area contributed by atoms with Crippen LogP contribution >= 0.6 is 11.3 Å². The maximum atomic E-state index is 12.2. The Hall–Kier alpha value is -1.89. The summed E-state index contributed by atoms with van der Waals surface area (Å²) in [6.45, 7) is 6.59. The number of urea groups is 1. The zero-order valence-electron chi connectivity index (χ0n) is 14.6. The topological polar surface area (TPSA) is 63.1 Å². The molecule has 0 atom stereocenters. The quantitative estimate of drug-likeness (QED) is 0.904. The molecule has 0 saturated carbocycles. The van der Waals surface area contributed by atoms with Crippen LogP contribution in [0.15, 0.2) is 18.7 Å². The van der Waals surface area contributed by atoms with Crippen molar-refractivity contribution in [1.29, 1.82) is 0 Å². The van der Waals surface area contributed by atoms with Gasteiger partial charge in [0, 0.05) is 29.9 Å². The molecule has 1 N–H and O–H groups in total. The van der Waals surface area contributed by atoms with Gasteiger partial charge in [-0.2, -0.15) is 0 Å². The highest BCUT2D eigenvalue weighted by molar-refractivity contribution is 7.12. The number of rotatable bonds is 5. The minimum Gasteiger partial charge on any atom is -0.333 e. The molecule has 0 aromatic carbocycles. The third-order valence-electron chi connectivity index (χ3n) is 4.57. The maximum absolute atomic E-state index is 12.2. The lowest BCUT2D eigenvalue weighted by atomic mass is 9.77. The molecule has 7 heteroatoms. The average molecular weight is 347 g/mol. The smallest absolute Gasteiger partial charge is 0.317 e. The van der Waals surface area contributed by atoms with Crippen LogP contribution in [-0.2, 0) is 25.9 Å². The summed E-state index contributed by atoms with van der Waals surface area (Å²) in [6, 6.07) is 2.23. The van der Waals surface area contributed by atoms with Crippen LogP contribution in [0.3, 0.4) is 0 Å². The van der Waals surface area contributed by atoms with Crippen LogP contribution in [0.2, 0.25) is 0 Å². The zero-order valence-corrected chi connectivity index (χ0v) is 15.4. The Kier molecular flexibility index (Phi) is 4.89.